The second-order valence-electron chi connectivity index (χ2n) is 3.25. The van der Waals surface area contributed by atoms with Gasteiger partial charge in [0, 0.05) is 5.56 Å². The van der Waals surface area contributed by atoms with Gasteiger partial charge in [0.05, 0.1) is 12.2 Å². The Morgan fingerprint density at radius 1 is 1.57 bits per heavy atom. The molecule has 74 valence electrons. The third-order valence-corrected chi connectivity index (χ3v) is 2.16. The summed E-state index contributed by atoms with van der Waals surface area (Å²) in [5.74, 6) is 0.533. The average molecular weight is 192 g/mol. The lowest BCUT2D eigenvalue weighted by molar-refractivity contribution is 0.461. The maximum Gasteiger partial charge on any atom is 0.266 e. The highest BCUT2D eigenvalue weighted by Crippen LogP contribution is 2.20. The zero-order valence-electron chi connectivity index (χ0n) is 8.19. The van der Waals surface area contributed by atoms with E-state index in [-0.39, 0.29) is 6.04 Å². The fraction of sp³-hybridized carbons (Fsp3) is 0.444. The molecule has 0 spiro atoms. The summed E-state index contributed by atoms with van der Waals surface area (Å²) in [6.07, 6.45) is 2.45. The number of nitrogens with zero attached hydrogens (tertiary/aromatic N) is 3. The van der Waals surface area contributed by atoms with Crippen LogP contribution in [-0.2, 0) is 0 Å². The highest BCUT2D eigenvalue weighted by Gasteiger charge is 2.14. The maximum atomic E-state index is 5.80. The van der Waals surface area contributed by atoms with Crippen LogP contribution in [0.1, 0.15) is 30.8 Å². The Hall–Kier alpha value is -1.49. The molecule has 1 atom stereocenters. The van der Waals surface area contributed by atoms with Gasteiger partial charge in [-0.15, -0.1) is 5.10 Å². The van der Waals surface area contributed by atoms with E-state index in [0.29, 0.717) is 11.6 Å². The van der Waals surface area contributed by atoms with Crippen molar-refractivity contribution in [1.82, 2.24) is 15.2 Å². The molecule has 0 saturated carbocycles. The summed E-state index contributed by atoms with van der Waals surface area (Å²) in [6.45, 7) is 3.90. The molecule has 0 aliphatic rings. The first-order valence-corrected chi connectivity index (χ1v) is 4.56. The van der Waals surface area contributed by atoms with Crippen LogP contribution in [-0.4, -0.2) is 15.2 Å². The van der Waals surface area contributed by atoms with Crippen molar-refractivity contribution in [1.29, 1.82) is 0 Å². The lowest BCUT2D eigenvalue weighted by atomic mass is 10.2. The minimum atomic E-state index is -0.163. The van der Waals surface area contributed by atoms with Gasteiger partial charge in [0.15, 0.2) is 0 Å². The summed E-state index contributed by atoms with van der Waals surface area (Å²) in [5, 5.41) is 7.63. The number of fused-ring (bicyclic) bond motifs is 1. The topological polar surface area (TPSA) is 77.8 Å². The summed E-state index contributed by atoms with van der Waals surface area (Å²) in [6, 6.07) is -0.163. The summed E-state index contributed by atoms with van der Waals surface area (Å²) in [5.41, 5.74) is 7.97. The Bertz CT molecular complexity index is 451. The fourth-order valence-electron chi connectivity index (χ4n) is 1.22. The third kappa shape index (κ3) is 1.35. The first kappa shape index (κ1) is 9.08. The number of hydrogen-bond acceptors (Lipinski definition) is 5. The van der Waals surface area contributed by atoms with E-state index >= 15 is 0 Å². The standard InChI is InChI=1S/C9H12N4O/c1-3-6(10)8-12-7-5(2)4-11-13-9(7)14-8/h4,6H,3,10H2,1-2H3. The number of aryl methyl sites for hydroxylation is 1. The van der Waals surface area contributed by atoms with Crippen LogP contribution in [0.4, 0.5) is 0 Å². The molecule has 0 amide bonds. The minimum Gasteiger partial charge on any atom is -0.419 e. The predicted molar refractivity (Wildman–Crippen MR) is 51.6 cm³/mol. The summed E-state index contributed by atoms with van der Waals surface area (Å²) < 4.78 is 5.39. The molecule has 0 aromatic carbocycles. The quantitative estimate of drug-likeness (QED) is 0.776. The second kappa shape index (κ2) is 3.34. The molecule has 2 aromatic rings. The molecule has 5 nitrogen and oxygen atoms in total. The van der Waals surface area contributed by atoms with Crippen LogP contribution < -0.4 is 5.73 Å². The summed E-state index contributed by atoms with van der Waals surface area (Å²) in [4.78, 5) is 4.29. The molecule has 14 heavy (non-hydrogen) atoms. The maximum absolute atomic E-state index is 5.80. The van der Waals surface area contributed by atoms with E-state index in [1.807, 2.05) is 13.8 Å². The number of rotatable bonds is 2. The molecule has 0 fully saturated rings. The lowest BCUT2D eigenvalue weighted by Crippen LogP contribution is -2.08. The van der Waals surface area contributed by atoms with Crippen molar-refractivity contribution in [2.24, 2.45) is 5.73 Å². The molecule has 0 bridgehead atoms. The molecule has 2 N–H and O–H groups in total. The van der Waals surface area contributed by atoms with Crippen molar-refractivity contribution >= 4 is 11.2 Å². The number of aromatic nitrogens is 3. The number of nitrogens with two attached hydrogens (primary N) is 1. The van der Waals surface area contributed by atoms with E-state index in [0.717, 1.165) is 17.5 Å². The van der Waals surface area contributed by atoms with E-state index in [9.17, 15) is 0 Å². The van der Waals surface area contributed by atoms with Gasteiger partial charge < -0.3 is 10.2 Å². The third-order valence-electron chi connectivity index (χ3n) is 2.16. The normalized spacial score (nSPS) is 13.4. The Balaban J connectivity index is 2.56. The molecule has 5 heteroatoms. The van der Waals surface area contributed by atoms with E-state index in [1.54, 1.807) is 6.20 Å². The molecule has 2 heterocycles. The van der Waals surface area contributed by atoms with Crippen LogP contribution in [0, 0.1) is 6.92 Å². The van der Waals surface area contributed by atoms with Crippen LogP contribution in [0.15, 0.2) is 10.6 Å². The monoisotopic (exact) mass is 192 g/mol. The van der Waals surface area contributed by atoms with Crippen molar-refractivity contribution in [3.63, 3.8) is 0 Å². The van der Waals surface area contributed by atoms with Gasteiger partial charge in [0.2, 0.25) is 5.89 Å². The smallest absolute Gasteiger partial charge is 0.266 e. The van der Waals surface area contributed by atoms with Gasteiger partial charge >= 0.3 is 0 Å². The highest BCUT2D eigenvalue weighted by atomic mass is 16.4. The highest BCUT2D eigenvalue weighted by molar-refractivity contribution is 5.71. The second-order valence-corrected chi connectivity index (χ2v) is 3.25. The van der Waals surface area contributed by atoms with Gasteiger partial charge in [0.25, 0.3) is 5.71 Å². The Morgan fingerprint density at radius 3 is 3.00 bits per heavy atom. The molecule has 1 unspecified atom stereocenters. The van der Waals surface area contributed by atoms with Gasteiger partial charge in [-0.3, -0.25) is 0 Å². The number of hydrogen-bond donors (Lipinski definition) is 1. The van der Waals surface area contributed by atoms with E-state index < -0.39 is 0 Å². The summed E-state index contributed by atoms with van der Waals surface area (Å²) in [7, 11) is 0. The molecule has 0 saturated heterocycles. The van der Waals surface area contributed by atoms with Crippen LogP contribution in [0.3, 0.4) is 0 Å². The summed E-state index contributed by atoms with van der Waals surface area (Å²) >= 11 is 0. The van der Waals surface area contributed by atoms with Crippen LogP contribution in [0.25, 0.3) is 11.2 Å². The SMILES string of the molecule is CCC(N)c1nc2c(C)cnnc2o1. The lowest BCUT2D eigenvalue weighted by Gasteiger charge is -1.99. The van der Waals surface area contributed by atoms with Gasteiger partial charge in [-0.05, 0) is 13.3 Å². The molecule has 0 aliphatic carbocycles. The van der Waals surface area contributed by atoms with Crippen molar-refractivity contribution in [3.8, 4) is 0 Å². The number of oxazole rings is 1. The molecular weight excluding hydrogens is 180 g/mol. The van der Waals surface area contributed by atoms with Crippen molar-refractivity contribution in [2.75, 3.05) is 0 Å². The zero-order valence-corrected chi connectivity index (χ0v) is 8.19. The zero-order chi connectivity index (χ0) is 10.1. The molecule has 0 radical (unpaired) electrons. The van der Waals surface area contributed by atoms with E-state index in [2.05, 4.69) is 15.2 Å². The molecule has 2 rings (SSSR count). The average Bonchev–Trinajstić information content (AvgIpc) is 2.62. The van der Waals surface area contributed by atoms with E-state index in [4.69, 9.17) is 10.2 Å². The van der Waals surface area contributed by atoms with Crippen LogP contribution in [0.2, 0.25) is 0 Å². The largest absolute Gasteiger partial charge is 0.419 e. The molecular formula is C9H12N4O. The molecule has 2 aromatic heterocycles. The van der Waals surface area contributed by atoms with Crippen molar-refractivity contribution in [3.05, 3.63) is 17.7 Å². The first-order valence-electron chi connectivity index (χ1n) is 4.56. The Labute approximate surface area is 81.3 Å². The predicted octanol–water partition coefficient (Wildman–Crippen LogP) is 1.34. The van der Waals surface area contributed by atoms with Gasteiger partial charge in [-0.1, -0.05) is 6.92 Å². The molecule has 0 aliphatic heterocycles. The van der Waals surface area contributed by atoms with Crippen LogP contribution >= 0.6 is 0 Å². The van der Waals surface area contributed by atoms with Gasteiger partial charge in [-0.25, -0.2) is 4.98 Å². The minimum absolute atomic E-state index is 0.163. The Morgan fingerprint density at radius 2 is 2.36 bits per heavy atom. The van der Waals surface area contributed by atoms with Crippen molar-refractivity contribution < 1.29 is 4.42 Å². The van der Waals surface area contributed by atoms with E-state index in [1.165, 1.54) is 0 Å². The van der Waals surface area contributed by atoms with Gasteiger partial charge in [0.1, 0.15) is 5.52 Å². The Kier molecular flexibility index (Phi) is 2.17. The van der Waals surface area contributed by atoms with Gasteiger partial charge in [-0.2, -0.15) is 5.10 Å². The fourth-order valence-corrected chi connectivity index (χ4v) is 1.22. The van der Waals surface area contributed by atoms with Crippen LogP contribution in [0.5, 0.6) is 0 Å². The van der Waals surface area contributed by atoms with Crippen molar-refractivity contribution in [2.45, 2.75) is 26.3 Å². The first-order chi connectivity index (χ1) is 6.72.